The van der Waals surface area contributed by atoms with Gasteiger partial charge in [0.05, 0.1) is 17.4 Å². The summed E-state index contributed by atoms with van der Waals surface area (Å²) >= 11 is 0. The molecule has 2 aromatic carbocycles. The number of ether oxygens (including phenoxy) is 2. The number of rotatable bonds is 5. The van der Waals surface area contributed by atoms with Crippen molar-refractivity contribution < 1.29 is 19.2 Å². The predicted octanol–water partition coefficient (Wildman–Crippen LogP) is 2.48. The summed E-state index contributed by atoms with van der Waals surface area (Å²) in [7, 11) is 0. The smallest absolute Gasteiger partial charge is 0.269 e. The molecule has 1 N–H and O–H groups in total. The van der Waals surface area contributed by atoms with E-state index in [1.54, 1.807) is 12.1 Å². The van der Waals surface area contributed by atoms with E-state index >= 15 is 0 Å². The molecule has 0 aromatic heterocycles. The highest BCUT2D eigenvalue weighted by molar-refractivity contribution is 5.79. The molecule has 0 fully saturated rings. The zero-order valence-electron chi connectivity index (χ0n) is 13.7. The average Bonchev–Trinajstić information content (AvgIpc) is 2.61. The van der Waals surface area contributed by atoms with Gasteiger partial charge in [0.15, 0.2) is 17.6 Å². The minimum atomic E-state index is -0.468. The SMILES string of the molecule is C[C@@H](NC(=O)Cc1ccc([N+](=O)[O-])cc1)[C@@H]1COc2ccccc2O1. The second kappa shape index (κ2) is 7.21. The molecule has 1 aliphatic rings. The summed E-state index contributed by atoms with van der Waals surface area (Å²) in [6.45, 7) is 2.21. The molecule has 1 amide bonds. The lowest BCUT2D eigenvalue weighted by Gasteiger charge is -2.30. The molecule has 1 aliphatic heterocycles. The van der Waals surface area contributed by atoms with Crippen molar-refractivity contribution in [2.45, 2.75) is 25.5 Å². The summed E-state index contributed by atoms with van der Waals surface area (Å²) in [6.07, 6.45) is -0.136. The second-order valence-electron chi connectivity index (χ2n) is 5.87. The van der Waals surface area contributed by atoms with Crippen molar-refractivity contribution in [1.82, 2.24) is 5.32 Å². The summed E-state index contributed by atoms with van der Waals surface area (Å²) in [5.74, 6) is 1.18. The first-order valence-electron chi connectivity index (χ1n) is 7.94. The molecular formula is C18H18N2O5. The minimum Gasteiger partial charge on any atom is -0.486 e. The average molecular weight is 342 g/mol. The monoisotopic (exact) mass is 342 g/mol. The van der Waals surface area contributed by atoms with Gasteiger partial charge in [0.1, 0.15) is 6.61 Å². The summed E-state index contributed by atoms with van der Waals surface area (Å²) in [5, 5.41) is 13.5. The normalized spacial score (nSPS) is 16.8. The largest absolute Gasteiger partial charge is 0.486 e. The van der Waals surface area contributed by atoms with Crippen LogP contribution in [0.5, 0.6) is 11.5 Å². The standard InChI is InChI=1S/C18H18N2O5/c1-12(17-11-24-15-4-2-3-5-16(15)25-17)19-18(21)10-13-6-8-14(9-7-13)20(22)23/h2-9,12,17H,10-11H2,1H3,(H,19,21)/t12-,17+/m1/s1. The lowest BCUT2D eigenvalue weighted by atomic mass is 10.1. The third-order valence-electron chi connectivity index (χ3n) is 3.99. The maximum absolute atomic E-state index is 12.2. The first kappa shape index (κ1) is 16.8. The number of hydrogen-bond donors (Lipinski definition) is 1. The zero-order chi connectivity index (χ0) is 17.8. The number of carbonyl (C=O) groups is 1. The third-order valence-corrected chi connectivity index (χ3v) is 3.99. The van der Waals surface area contributed by atoms with Gasteiger partial charge in [0, 0.05) is 12.1 Å². The number of non-ortho nitro benzene ring substituents is 1. The van der Waals surface area contributed by atoms with E-state index in [1.807, 2.05) is 31.2 Å². The van der Waals surface area contributed by atoms with E-state index in [1.165, 1.54) is 12.1 Å². The Morgan fingerprint density at radius 1 is 1.24 bits per heavy atom. The fourth-order valence-electron chi connectivity index (χ4n) is 2.60. The Morgan fingerprint density at radius 3 is 2.60 bits per heavy atom. The number of amides is 1. The van der Waals surface area contributed by atoms with Gasteiger partial charge in [-0.3, -0.25) is 14.9 Å². The van der Waals surface area contributed by atoms with Crippen LogP contribution in [0.4, 0.5) is 5.69 Å². The molecular weight excluding hydrogens is 324 g/mol. The van der Waals surface area contributed by atoms with E-state index in [0.717, 1.165) is 0 Å². The maximum Gasteiger partial charge on any atom is 0.269 e. The van der Waals surface area contributed by atoms with Crippen LogP contribution in [0.25, 0.3) is 0 Å². The Kier molecular flexibility index (Phi) is 4.83. The number of carbonyl (C=O) groups excluding carboxylic acids is 1. The van der Waals surface area contributed by atoms with Crippen molar-refractivity contribution in [3.63, 3.8) is 0 Å². The molecule has 3 rings (SSSR count). The number of nitro benzene ring substituents is 1. The number of nitrogens with zero attached hydrogens (tertiary/aromatic N) is 1. The molecule has 25 heavy (non-hydrogen) atoms. The molecule has 0 spiro atoms. The van der Waals surface area contributed by atoms with E-state index in [-0.39, 0.29) is 30.2 Å². The number of para-hydroxylation sites is 2. The van der Waals surface area contributed by atoms with Gasteiger partial charge < -0.3 is 14.8 Å². The van der Waals surface area contributed by atoms with Crippen LogP contribution in [0.15, 0.2) is 48.5 Å². The lowest BCUT2D eigenvalue weighted by molar-refractivity contribution is -0.384. The quantitative estimate of drug-likeness (QED) is 0.666. The van der Waals surface area contributed by atoms with Gasteiger partial charge in [0.25, 0.3) is 5.69 Å². The van der Waals surface area contributed by atoms with Crippen LogP contribution in [0, 0.1) is 10.1 Å². The Labute approximate surface area is 144 Å². The number of nitro groups is 1. The van der Waals surface area contributed by atoms with E-state index < -0.39 is 4.92 Å². The topological polar surface area (TPSA) is 90.7 Å². The molecule has 2 aromatic rings. The Balaban J connectivity index is 1.55. The van der Waals surface area contributed by atoms with Gasteiger partial charge >= 0.3 is 0 Å². The Bertz CT molecular complexity index is 775. The molecule has 130 valence electrons. The predicted molar refractivity (Wildman–Crippen MR) is 90.8 cm³/mol. The van der Waals surface area contributed by atoms with Crippen LogP contribution in [-0.2, 0) is 11.2 Å². The fourth-order valence-corrected chi connectivity index (χ4v) is 2.60. The van der Waals surface area contributed by atoms with Crippen molar-refractivity contribution in [2.24, 2.45) is 0 Å². The van der Waals surface area contributed by atoms with Crippen LogP contribution in [0.2, 0.25) is 0 Å². The maximum atomic E-state index is 12.2. The highest BCUT2D eigenvalue weighted by Gasteiger charge is 2.27. The van der Waals surface area contributed by atoms with Crippen LogP contribution >= 0.6 is 0 Å². The number of hydrogen-bond acceptors (Lipinski definition) is 5. The summed E-state index contributed by atoms with van der Waals surface area (Å²) < 4.78 is 11.5. The van der Waals surface area contributed by atoms with Gasteiger partial charge in [-0.1, -0.05) is 24.3 Å². The minimum absolute atomic E-state index is 0.00365. The fraction of sp³-hybridized carbons (Fsp3) is 0.278. The van der Waals surface area contributed by atoms with Gasteiger partial charge in [-0.25, -0.2) is 0 Å². The van der Waals surface area contributed by atoms with E-state index in [4.69, 9.17) is 9.47 Å². The van der Waals surface area contributed by atoms with Crippen molar-refractivity contribution in [3.8, 4) is 11.5 Å². The van der Waals surface area contributed by atoms with Gasteiger partial charge in [-0.15, -0.1) is 0 Å². The lowest BCUT2D eigenvalue weighted by Crippen LogP contribution is -2.48. The van der Waals surface area contributed by atoms with E-state index in [2.05, 4.69) is 5.32 Å². The zero-order valence-corrected chi connectivity index (χ0v) is 13.7. The first-order valence-corrected chi connectivity index (χ1v) is 7.94. The van der Waals surface area contributed by atoms with Crippen molar-refractivity contribution >= 4 is 11.6 Å². The highest BCUT2D eigenvalue weighted by Crippen LogP contribution is 2.31. The van der Waals surface area contributed by atoms with E-state index in [9.17, 15) is 14.9 Å². The van der Waals surface area contributed by atoms with Gasteiger partial charge in [-0.05, 0) is 24.6 Å². The molecule has 7 heteroatoms. The van der Waals surface area contributed by atoms with Crippen molar-refractivity contribution in [2.75, 3.05) is 6.61 Å². The number of nitrogens with one attached hydrogen (secondary N) is 1. The Hall–Kier alpha value is -3.09. The summed E-state index contributed by atoms with van der Waals surface area (Å²) in [5.41, 5.74) is 0.713. The van der Waals surface area contributed by atoms with Crippen LogP contribution in [0.3, 0.4) is 0 Å². The molecule has 0 saturated heterocycles. The highest BCUT2D eigenvalue weighted by atomic mass is 16.6. The van der Waals surface area contributed by atoms with E-state index in [0.29, 0.717) is 23.7 Å². The van der Waals surface area contributed by atoms with Crippen LogP contribution in [0.1, 0.15) is 12.5 Å². The summed E-state index contributed by atoms with van der Waals surface area (Å²) in [6, 6.07) is 13.1. The van der Waals surface area contributed by atoms with Gasteiger partial charge in [-0.2, -0.15) is 0 Å². The molecule has 7 nitrogen and oxygen atoms in total. The Morgan fingerprint density at radius 2 is 1.92 bits per heavy atom. The molecule has 0 aliphatic carbocycles. The second-order valence-corrected chi connectivity index (χ2v) is 5.87. The van der Waals surface area contributed by atoms with Crippen molar-refractivity contribution in [1.29, 1.82) is 0 Å². The molecule has 0 bridgehead atoms. The molecule has 0 unspecified atom stereocenters. The molecule has 0 radical (unpaired) electrons. The molecule has 0 saturated carbocycles. The molecule has 1 heterocycles. The van der Waals surface area contributed by atoms with Gasteiger partial charge in [0.2, 0.25) is 5.91 Å². The first-order chi connectivity index (χ1) is 12.0. The van der Waals surface area contributed by atoms with Crippen molar-refractivity contribution in [3.05, 3.63) is 64.2 Å². The number of benzene rings is 2. The van der Waals surface area contributed by atoms with Crippen LogP contribution < -0.4 is 14.8 Å². The molecule has 2 atom stereocenters. The number of fused-ring (bicyclic) bond motifs is 1. The third kappa shape index (κ3) is 4.06. The summed E-state index contributed by atoms with van der Waals surface area (Å²) in [4.78, 5) is 22.4. The van der Waals surface area contributed by atoms with Crippen LogP contribution in [-0.4, -0.2) is 29.6 Å².